The summed E-state index contributed by atoms with van der Waals surface area (Å²) in [5, 5.41) is 9.88. The second-order valence-corrected chi connectivity index (χ2v) is 7.13. The van der Waals surface area contributed by atoms with E-state index in [0.717, 1.165) is 28.2 Å². The number of benzene rings is 2. The molecule has 0 radical (unpaired) electrons. The van der Waals surface area contributed by atoms with Crippen molar-refractivity contribution in [1.82, 2.24) is 4.98 Å². The number of thiazole rings is 1. The number of ether oxygens (including phenoxy) is 2. The summed E-state index contributed by atoms with van der Waals surface area (Å²) in [5.74, 6) is 0.554. The Balaban J connectivity index is 1.69. The lowest BCUT2D eigenvalue weighted by molar-refractivity contribution is 0.0701. The Bertz CT molecular complexity index is 965. The molecule has 140 valence electrons. The summed E-state index contributed by atoms with van der Waals surface area (Å²) in [6.45, 7) is 6.57. The molecule has 27 heavy (non-hydrogen) atoms. The van der Waals surface area contributed by atoms with Crippen LogP contribution in [0.3, 0.4) is 0 Å². The molecule has 3 aromatic rings. The van der Waals surface area contributed by atoms with E-state index in [0.29, 0.717) is 29.7 Å². The first-order valence-corrected chi connectivity index (χ1v) is 9.41. The van der Waals surface area contributed by atoms with Crippen molar-refractivity contribution < 1.29 is 19.4 Å². The van der Waals surface area contributed by atoms with E-state index in [-0.39, 0.29) is 4.88 Å². The third-order valence-corrected chi connectivity index (χ3v) is 5.44. The smallest absolute Gasteiger partial charge is 0.347 e. The van der Waals surface area contributed by atoms with E-state index in [1.54, 1.807) is 6.92 Å². The maximum Gasteiger partial charge on any atom is 0.347 e. The molecule has 0 bridgehead atoms. The third kappa shape index (κ3) is 4.28. The van der Waals surface area contributed by atoms with Gasteiger partial charge in [-0.3, -0.25) is 0 Å². The fourth-order valence-corrected chi connectivity index (χ4v) is 3.60. The van der Waals surface area contributed by atoms with Crippen LogP contribution in [-0.2, 0) is 0 Å². The molecule has 0 saturated carbocycles. The molecule has 0 unspecified atom stereocenters. The number of carboxylic acids is 1. The predicted octanol–water partition coefficient (Wildman–Crippen LogP) is 4.89. The van der Waals surface area contributed by atoms with Crippen molar-refractivity contribution in [3.63, 3.8) is 0 Å². The van der Waals surface area contributed by atoms with Crippen molar-refractivity contribution in [2.75, 3.05) is 13.2 Å². The van der Waals surface area contributed by atoms with Crippen LogP contribution < -0.4 is 9.47 Å². The monoisotopic (exact) mass is 383 g/mol. The van der Waals surface area contributed by atoms with Crippen molar-refractivity contribution in [1.29, 1.82) is 0 Å². The van der Waals surface area contributed by atoms with Crippen LogP contribution in [0.4, 0.5) is 0 Å². The Morgan fingerprint density at radius 3 is 2.37 bits per heavy atom. The van der Waals surface area contributed by atoms with Crippen molar-refractivity contribution in [3.8, 4) is 22.1 Å². The highest BCUT2D eigenvalue weighted by molar-refractivity contribution is 7.17. The second-order valence-electron chi connectivity index (χ2n) is 6.13. The summed E-state index contributed by atoms with van der Waals surface area (Å²) >= 11 is 1.15. The van der Waals surface area contributed by atoms with Crippen LogP contribution in [0.5, 0.6) is 11.5 Å². The first kappa shape index (κ1) is 18.9. The standard InChI is InChI=1S/C21H21NO4S/c1-13-7-6-10-17(14(13)2)25-11-12-26-18-9-5-4-8-16(18)20-22-15(3)19(27-20)21(23)24/h4-10H,11-12H2,1-3H3,(H,23,24). The second kappa shape index (κ2) is 8.22. The Kier molecular flexibility index (Phi) is 5.76. The fourth-order valence-electron chi connectivity index (χ4n) is 2.66. The minimum absolute atomic E-state index is 0.248. The molecule has 1 heterocycles. The topological polar surface area (TPSA) is 68.7 Å². The molecule has 0 aliphatic carbocycles. The van der Waals surface area contributed by atoms with Crippen LogP contribution in [0.25, 0.3) is 10.6 Å². The van der Waals surface area contributed by atoms with Gasteiger partial charge in [0.15, 0.2) is 0 Å². The number of rotatable bonds is 7. The molecule has 1 N–H and O–H groups in total. The van der Waals surface area contributed by atoms with E-state index in [2.05, 4.69) is 18.0 Å². The number of hydrogen-bond acceptors (Lipinski definition) is 5. The molecule has 2 aromatic carbocycles. The van der Waals surface area contributed by atoms with Crippen LogP contribution in [0.15, 0.2) is 42.5 Å². The SMILES string of the molecule is Cc1cccc(OCCOc2ccccc2-c2nc(C)c(C(=O)O)s2)c1C. The molecule has 1 aromatic heterocycles. The number of aryl methyl sites for hydroxylation is 2. The van der Waals surface area contributed by atoms with Gasteiger partial charge in [0.2, 0.25) is 0 Å². The summed E-state index contributed by atoms with van der Waals surface area (Å²) in [6, 6.07) is 13.5. The zero-order chi connectivity index (χ0) is 19.4. The van der Waals surface area contributed by atoms with E-state index < -0.39 is 5.97 Å². The van der Waals surface area contributed by atoms with Crippen molar-refractivity contribution in [2.24, 2.45) is 0 Å². The van der Waals surface area contributed by atoms with E-state index in [9.17, 15) is 9.90 Å². The largest absolute Gasteiger partial charge is 0.490 e. The van der Waals surface area contributed by atoms with Gasteiger partial charge in [0.05, 0.1) is 11.3 Å². The average Bonchev–Trinajstić information content (AvgIpc) is 3.04. The minimum atomic E-state index is -0.962. The van der Waals surface area contributed by atoms with Gasteiger partial charge in [-0.05, 0) is 50.1 Å². The van der Waals surface area contributed by atoms with E-state index >= 15 is 0 Å². The summed E-state index contributed by atoms with van der Waals surface area (Å²) in [4.78, 5) is 15.9. The van der Waals surface area contributed by atoms with Crippen LogP contribution in [0, 0.1) is 20.8 Å². The van der Waals surface area contributed by atoms with Crippen LogP contribution in [0.1, 0.15) is 26.5 Å². The van der Waals surface area contributed by atoms with Gasteiger partial charge in [0.25, 0.3) is 0 Å². The lowest BCUT2D eigenvalue weighted by atomic mass is 10.1. The van der Waals surface area contributed by atoms with E-state index in [4.69, 9.17) is 9.47 Å². The third-order valence-electron chi connectivity index (χ3n) is 4.26. The Hall–Kier alpha value is -2.86. The molecule has 0 spiro atoms. The van der Waals surface area contributed by atoms with Gasteiger partial charge in [-0.2, -0.15) is 0 Å². The number of para-hydroxylation sites is 1. The molecular formula is C21H21NO4S. The maximum absolute atomic E-state index is 11.3. The highest BCUT2D eigenvalue weighted by Crippen LogP contribution is 2.34. The molecule has 0 aliphatic rings. The Morgan fingerprint density at radius 1 is 1.00 bits per heavy atom. The van der Waals surface area contributed by atoms with E-state index in [1.165, 1.54) is 5.56 Å². The first-order chi connectivity index (χ1) is 13.0. The predicted molar refractivity (Wildman–Crippen MR) is 106 cm³/mol. The normalized spacial score (nSPS) is 10.6. The summed E-state index contributed by atoms with van der Waals surface area (Å²) < 4.78 is 11.7. The lowest BCUT2D eigenvalue weighted by Crippen LogP contribution is -2.10. The van der Waals surface area contributed by atoms with Crippen molar-refractivity contribution in [3.05, 3.63) is 64.2 Å². The molecule has 6 heteroatoms. The summed E-state index contributed by atoms with van der Waals surface area (Å²) in [7, 11) is 0. The van der Waals surface area contributed by atoms with E-state index in [1.807, 2.05) is 43.3 Å². The van der Waals surface area contributed by atoms with Gasteiger partial charge in [0.1, 0.15) is 34.6 Å². The number of nitrogens with zero attached hydrogens (tertiary/aromatic N) is 1. The lowest BCUT2D eigenvalue weighted by Gasteiger charge is -2.13. The number of carboxylic acid groups (broad SMARTS) is 1. The molecule has 0 aliphatic heterocycles. The first-order valence-electron chi connectivity index (χ1n) is 8.59. The molecule has 0 amide bonds. The van der Waals surface area contributed by atoms with Crippen LogP contribution >= 0.6 is 11.3 Å². The van der Waals surface area contributed by atoms with Gasteiger partial charge in [-0.15, -0.1) is 11.3 Å². The number of aromatic nitrogens is 1. The number of carbonyl (C=O) groups is 1. The van der Waals surface area contributed by atoms with Crippen molar-refractivity contribution >= 4 is 17.3 Å². The molecule has 3 rings (SSSR count). The Morgan fingerprint density at radius 2 is 1.67 bits per heavy atom. The number of hydrogen-bond donors (Lipinski definition) is 1. The molecule has 0 atom stereocenters. The summed E-state index contributed by atoms with van der Waals surface area (Å²) in [6.07, 6.45) is 0. The molecule has 5 nitrogen and oxygen atoms in total. The highest BCUT2D eigenvalue weighted by Gasteiger charge is 2.17. The van der Waals surface area contributed by atoms with Gasteiger partial charge in [-0.1, -0.05) is 24.3 Å². The van der Waals surface area contributed by atoms with Gasteiger partial charge < -0.3 is 14.6 Å². The average molecular weight is 383 g/mol. The fraction of sp³-hybridized carbons (Fsp3) is 0.238. The quantitative estimate of drug-likeness (QED) is 0.588. The zero-order valence-corrected chi connectivity index (χ0v) is 16.3. The summed E-state index contributed by atoms with van der Waals surface area (Å²) in [5.41, 5.74) is 3.60. The van der Waals surface area contributed by atoms with Crippen LogP contribution in [0.2, 0.25) is 0 Å². The highest BCUT2D eigenvalue weighted by atomic mass is 32.1. The van der Waals surface area contributed by atoms with Crippen LogP contribution in [-0.4, -0.2) is 29.3 Å². The molecule has 0 fully saturated rings. The maximum atomic E-state index is 11.3. The van der Waals surface area contributed by atoms with Gasteiger partial charge in [0, 0.05) is 0 Å². The number of aromatic carboxylic acids is 1. The molecular weight excluding hydrogens is 362 g/mol. The molecule has 0 saturated heterocycles. The van der Waals surface area contributed by atoms with Gasteiger partial charge >= 0.3 is 5.97 Å². The minimum Gasteiger partial charge on any atom is -0.490 e. The Labute approximate surface area is 162 Å². The van der Waals surface area contributed by atoms with Crippen molar-refractivity contribution in [2.45, 2.75) is 20.8 Å². The van der Waals surface area contributed by atoms with Gasteiger partial charge in [-0.25, -0.2) is 9.78 Å². The zero-order valence-electron chi connectivity index (χ0n) is 15.5.